The SMILES string of the molecule is CO/N=[N+](/[O-])CC(=O)N1CCN(S(=O)(=O)c2ccc(Cl)cc2)C1. The van der Waals surface area contributed by atoms with Crippen LogP contribution in [0.2, 0.25) is 5.02 Å². The summed E-state index contributed by atoms with van der Waals surface area (Å²) in [6.45, 7) is -0.309. The minimum absolute atomic E-state index is 0.0935. The fourth-order valence-corrected chi connectivity index (χ4v) is 3.57. The second kappa shape index (κ2) is 7.11. The Balaban J connectivity index is 2.05. The Labute approximate surface area is 138 Å². The highest BCUT2D eigenvalue weighted by Crippen LogP contribution is 2.21. The number of rotatable bonds is 5. The van der Waals surface area contributed by atoms with Crippen LogP contribution in [0.4, 0.5) is 0 Å². The topological polar surface area (TPSA) is 105 Å². The van der Waals surface area contributed by atoms with E-state index in [0.717, 1.165) is 4.31 Å². The van der Waals surface area contributed by atoms with E-state index >= 15 is 0 Å². The molecule has 9 nitrogen and oxygen atoms in total. The van der Waals surface area contributed by atoms with Crippen LogP contribution in [-0.4, -0.2) is 61.8 Å². The van der Waals surface area contributed by atoms with Crippen molar-refractivity contribution in [3.8, 4) is 0 Å². The predicted molar refractivity (Wildman–Crippen MR) is 79.9 cm³/mol. The number of nitrogens with zero attached hydrogens (tertiary/aromatic N) is 4. The quantitative estimate of drug-likeness (QED) is 0.434. The summed E-state index contributed by atoms with van der Waals surface area (Å²) in [5.74, 6) is -0.533. The van der Waals surface area contributed by atoms with Crippen LogP contribution in [0, 0.1) is 5.21 Å². The molecule has 0 spiro atoms. The molecule has 1 amide bonds. The zero-order valence-electron chi connectivity index (χ0n) is 12.3. The summed E-state index contributed by atoms with van der Waals surface area (Å²) < 4.78 is 26.1. The van der Waals surface area contributed by atoms with Crippen LogP contribution in [0.5, 0.6) is 0 Å². The lowest BCUT2D eigenvalue weighted by Gasteiger charge is -2.17. The maximum Gasteiger partial charge on any atom is 0.293 e. The third kappa shape index (κ3) is 4.09. The van der Waals surface area contributed by atoms with Crippen LogP contribution in [-0.2, 0) is 19.7 Å². The van der Waals surface area contributed by atoms with Crippen LogP contribution < -0.4 is 0 Å². The van der Waals surface area contributed by atoms with Gasteiger partial charge in [0.1, 0.15) is 7.11 Å². The lowest BCUT2D eigenvalue weighted by molar-refractivity contribution is -0.547. The van der Waals surface area contributed by atoms with Crippen molar-refractivity contribution >= 4 is 27.5 Å². The van der Waals surface area contributed by atoms with Crippen LogP contribution in [0.3, 0.4) is 0 Å². The molecule has 0 atom stereocenters. The molecule has 1 aromatic rings. The van der Waals surface area contributed by atoms with Gasteiger partial charge < -0.3 is 14.9 Å². The molecule has 0 bridgehead atoms. The Morgan fingerprint density at radius 3 is 2.65 bits per heavy atom. The van der Waals surface area contributed by atoms with E-state index < -0.39 is 22.5 Å². The van der Waals surface area contributed by atoms with Gasteiger partial charge in [0.15, 0.2) is 5.28 Å². The predicted octanol–water partition coefficient (Wildman–Crippen LogP) is 0.654. The molecule has 0 saturated carbocycles. The number of carbonyl (C=O) groups excluding carboxylic acids is 1. The van der Waals surface area contributed by atoms with Crippen molar-refractivity contribution in [1.29, 1.82) is 0 Å². The lowest BCUT2D eigenvalue weighted by atomic mass is 10.4. The Bertz CT molecular complexity index is 707. The third-order valence-electron chi connectivity index (χ3n) is 3.20. The molecule has 1 aromatic carbocycles. The van der Waals surface area contributed by atoms with Crippen molar-refractivity contribution in [3.63, 3.8) is 0 Å². The molecule has 1 aliphatic rings. The number of hydrogen-bond acceptors (Lipinski definition) is 6. The second-order valence-corrected chi connectivity index (χ2v) is 7.08. The monoisotopic (exact) mass is 362 g/mol. The van der Waals surface area contributed by atoms with Gasteiger partial charge >= 0.3 is 0 Å². The van der Waals surface area contributed by atoms with Gasteiger partial charge in [0, 0.05) is 18.1 Å². The smallest absolute Gasteiger partial charge is 0.293 e. The Morgan fingerprint density at radius 1 is 1.39 bits per heavy atom. The van der Waals surface area contributed by atoms with Crippen molar-refractivity contribution in [1.82, 2.24) is 9.21 Å². The minimum atomic E-state index is -3.72. The maximum atomic E-state index is 12.5. The first-order chi connectivity index (χ1) is 10.8. The second-order valence-electron chi connectivity index (χ2n) is 4.71. The van der Waals surface area contributed by atoms with Crippen LogP contribution >= 0.6 is 11.6 Å². The maximum absolute atomic E-state index is 12.5. The molecule has 0 aromatic heterocycles. The number of carbonyl (C=O) groups is 1. The van der Waals surface area contributed by atoms with Gasteiger partial charge in [0.05, 0.1) is 11.6 Å². The molecule has 11 heteroatoms. The number of halogens is 1. The molecule has 126 valence electrons. The summed E-state index contributed by atoms with van der Waals surface area (Å²) in [5, 5.41) is 14.7. The van der Waals surface area contributed by atoms with Gasteiger partial charge in [0.25, 0.3) is 12.5 Å². The minimum Gasteiger partial charge on any atom is -0.597 e. The number of benzene rings is 1. The fourth-order valence-electron chi connectivity index (χ4n) is 2.06. The molecule has 0 aliphatic carbocycles. The summed E-state index contributed by atoms with van der Waals surface area (Å²) in [6.07, 6.45) is 0. The summed E-state index contributed by atoms with van der Waals surface area (Å²) in [7, 11) is -2.53. The highest BCUT2D eigenvalue weighted by Gasteiger charge is 2.34. The van der Waals surface area contributed by atoms with Gasteiger partial charge in [-0.25, -0.2) is 8.42 Å². The van der Waals surface area contributed by atoms with E-state index in [-0.39, 0.29) is 29.5 Å². The molecule has 0 N–H and O–H groups in total. The molecule has 0 unspecified atom stereocenters. The average molecular weight is 363 g/mol. The van der Waals surface area contributed by atoms with E-state index in [1.807, 2.05) is 0 Å². The van der Waals surface area contributed by atoms with Crippen molar-refractivity contribution in [2.45, 2.75) is 4.90 Å². The lowest BCUT2D eigenvalue weighted by Crippen LogP contribution is -2.37. The molecule has 1 fully saturated rings. The van der Waals surface area contributed by atoms with Gasteiger partial charge in [-0.2, -0.15) is 4.31 Å². The molecule has 0 radical (unpaired) electrons. The average Bonchev–Trinajstić information content (AvgIpc) is 2.98. The van der Waals surface area contributed by atoms with E-state index in [9.17, 15) is 18.4 Å². The van der Waals surface area contributed by atoms with Crippen molar-refractivity contribution < 1.29 is 22.9 Å². The standard InChI is InChI=1S/C12H15ClN4O5S/c1-22-14-17(19)8-12(18)15-6-7-16(9-15)23(20,21)11-4-2-10(13)3-5-11/h2-5H,6-9H2,1H3/b17-14+. The van der Waals surface area contributed by atoms with Gasteiger partial charge in [0.2, 0.25) is 10.0 Å². The highest BCUT2D eigenvalue weighted by atomic mass is 35.5. The number of sulfonamides is 1. The zero-order valence-corrected chi connectivity index (χ0v) is 13.8. The summed E-state index contributed by atoms with van der Waals surface area (Å²) in [5.41, 5.74) is 0. The van der Waals surface area contributed by atoms with Crippen LogP contribution in [0.25, 0.3) is 0 Å². The molecular weight excluding hydrogens is 348 g/mol. The van der Waals surface area contributed by atoms with Crippen molar-refractivity contribution in [3.05, 3.63) is 34.5 Å². The summed E-state index contributed by atoms with van der Waals surface area (Å²) in [4.78, 5) is 17.6. The summed E-state index contributed by atoms with van der Waals surface area (Å²) in [6, 6.07) is 5.77. The molecule has 1 saturated heterocycles. The highest BCUT2D eigenvalue weighted by molar-refractivity contribution is 7.89. The van der Waals surface area contributed by atoms with E-state index in [1.54, 1.807) is 0 Å². The first-order valence-corrected chi connectivity index (χ1v) is 8.38. The Hall–Kier alpha value is -1.91. The molecule has 2 rings (SSSR count). The molecule has 23 heavy (non-hydrogen) atoms. The fraction of sp³-hybridized carbons (Fsp3) is 0.417. The molecule has 1 aliphatic heterocycles. The summed E-state index contributed by atoms with van der Waals surface area (Å²) >= 11 is 5.75. The largest absolute Gasteiger partial charge is 0.597 e. The number of hydrogen-bond donors (Lipinski definition) is 0. The normalized spacial score (nSPS) is 16.6. The van der Waals surface area contributed by atoms with Crippen molar-refractivity contribution in [2.24, 2.45) is 5.28 Å². The molecular formula is C12H15ClN4O5S. The van der Waals surface area contributed by atoms with E-state index in [4.69, 9.17) is 11.6 Å². The van der Waals surface area contributed by atoms with Crippen LogP contribution in [0.15, 0.2) is 34.4 Å². The van der Waals surface area contributed by atoms with Crippen LogP contribution in [0.1, 0.15) is 0 Å². The first kappa shape index (κ1) is 17.4. The van der Waals surface area contributed by atoms with E-state index in [0.29, 0.717) is 5.02 Å². The number of amides is 1. The van der Waals surface area contributed by atoms with Crippen molar-refractivity contribution in [2.75, 3.05) is 33.4 Å². The van der Waals surface area contributed by atoms with Gasteiger partial charge in [-0.05, 0) is 29.1 Å². The molecule has 1 heterocycles. The van der Waals surface area contributed by atoms with Gasteiger partial charge in [-0.3, -0.25) is 4.79 Å². The zero-order chi connectivity index (χ0) is 17.0. The van der Waals surface area contributed by atoms with Gasteiger partial charge in [-0.15, -0.1) is 0 Å². The van der Waals surface area contributed by atoms with E-state index in [1.165, 1.54) is 36.3 Å². The first-order valence-electron chi connectivity index (χ1n) is 6.57. The number of hydroxylamine groups is 1. The Kier molecular flexibility index (Phi) is 5.39. The van der Waals surface area contributed by atoms with Gasteiger partial charge in [-0.1, -0.05) is 11.6 Å². The third-order valence-corrected chi connectivity index (χ3v) is 5.29. The van der Waals surface area contributed by atoms with E-state index in [2.05, 4.69) is 10.1 Å². The Morgan fingerprint density at radius 2 is 2.04 bits per heavy atom.